The lowest BCUT2D eigenvalue weighted by molar-refractivity contribution is -0.124. The molecule has 11 nitrogen and oxygen atoms in total. The number of hydrogen-bond donors (Lipinski definition) is 5. The topological polar surface area (TPSA) is 169 Å². The number of hydroxylamine groups is 1. The van der Waals surface area contributed by atoms with E-state index in [1.165, 1.54) is 6.07 Å². The highest BCUT2D eigenvalue weighted by atomic mass is 35.5. The summed E-state index contributed by atoms with van der Waals surface area (Å²) in [5, 5.41) is 36.4. The number of rotatable bonds is 7. The molecule has 0 saturated heterocycles. The predicted octanol–water partition coefficient (Wildman–Crippen LogP) is 4.31. The standard InChI is InChI=1S/C26H29ClN4O7S2/c1-26(2,3)9-8-13-6-5-7-15-19(13)23(34)20(24(35)21(15)28-18(33)12-27)25-29-39-17-11-14(30-40(4,37)38)10-16(32)22(17)31(25)36/h5-7,10-11,21,30,32,34,36H,8-9,12H2,1-4H3,(H,28,33). The molecule has 0 saturated carbocycles. The van der Waals surface area contributed by atoms with Gasteiger partial charge in [-0.15, -0.1) is 11.6 Å². The molecule has 0 fully saturated rings. The molecule has 40 heavy (non-hydrogen) atoms. The van der Waals surface area contributed by atoms with Gasteiger partial charge in [-0.05, 0) is 35.4 Å². The van der Waals surface area contributed by atoms with E-state index in [1.807, 2.05) is 6.07 Å². The lowest BCUT2D eigenvalue weighted by Crippen LogP contribution is -2.43. The number of phenolic OH excluding ortho intramolecular Hbond substituents is 1. The number of anilines is 2. The van der Waals surface area contributed by atoms with Gasteiger partial charge in [0.05, 0.1) is 16.8 Å². The zero-order valence-corrected chi connectivity index (χ0v) is 24.5. The van der Waals surface area contributed by atoms with E-state index in [2.05, 4.69) is 35.2 Å². The van der Waals surface area contributed by atoms with Crippen LogP contribution in [0.25, 0.3) is 5.76 Å². The second-order valence-corrected chi connectivity index (χ2v) is 13.5. The first kappa shape index (κ1) is 29.7. The average Bonchev–Trinajstić information content (AvgIpc) is 2.84. The van der Waals surface area contributed by atoms with Crippen molar-refractivity contribution in [3.05, 3.63) is 52.6 Å². The van der Waals surface area contributed by atoms with Crippen molar-refractivity contribution in [3.63, 3.8) is 0 Å². The number of sulfonamides is 1. The SMILES string of the molecule is CC(C)(C)CCc1cccc2c1C(O)=C(C1=NSc3cc(NS(C)(=O)=O)cc(O)c3N1O)C(=O)C2NC(=O)CCl. The lowest BCUT2D eigenvalue weighted by Gasteiger charge is -2.32. The number of ketones is 1. The van der Waals surface area contributed by atoms with E-state index < -0.39 is 45.1 Å². The van der Waals surface area contributed by atoms with E-state index in [1.54, 1.807) is 12.1 Å². The monoisotopic (exact) mass is 608 g/mol. The van der Waals surface area contributed by atoms with Crippen LogP contribution < -0.4 is 15.1 Å². The summed E-state index contributed by atoms with van der Waals surface area (Å²) in [7, 11) is -3.65. The van der Waals surface area contributed by atoms with Crippen molar-refractivity contribution < 1.29 is 33.4 Å². The summed E-state index contributed by atoms with van der Waals surface area (Å²) in [5.74, 6) is -3.07. The van der Waals surface area contributed by atoms with Crippen LogP contribution in [0.3, 0.4) is 0 Å². The highest BCUT2D eigenvalue weighted by Crippen LogP contribution is 2.46. The Hall–Kier alpha value is -3.26. The van der Waals surface area contributed by atoms with Crippen LogP contribution in [0.1, 0.15) is 49.9 Å². The van der Waals surface area contributed by atoms with Crippen LogP contribution >= 0.6 is 23.5 Å². The molecule has 0 bridgehead atoms. The zero-order chi connectivity index (χ0) is 29.6. The number of carbonyl (C=O) groups is 2. The van der Waals surface area contributed by atoms with E-state index in [9.17, 15) is 33.4 Å². The number of nitrogens with zero attached hydrogens (tertiary/aromatic N) is 2. The van der Waals surface area contributed by atoms with Gasteiger partial charge in [0.1, 0.15) is 34.7 Å². The Labute approximate surface area is 241 Å². The van der Waals surface area contributed by atoms with Crippen LogP contribution in [-0.4, -0.2) is 53.5 Å². The predicted molar refractivity (Wildman–Crippen MR) is 155 cm³/mol. The molecule has 0 radical (unpaired) electrons. The number of benzene rings is 2. The summed E-state index contributed by atoms with van der Waals surface area (Å²) in [4.78, 5) is 26.3. The second kappa shape index (κ2) is 11.0. The first-order valence-electron chi connectivity index (χ1n) is 12.2. The highest BCUT2D eigenvalue weighted by molar-refractivity contribution is 7.98. The molecule has 1 heterocycles. The number of amides is 1. The fourth-order valence-corrected chi connectivity index (χ4v) is 5.92. The third-order valence-corrected chi connectivity index (χ3v) is 7.89. The Kier molecular flexibility index (Phi) is 8.14. The third-order valence-electron chi connectivity index (χ3n) is 6.27. The van der Waals surface area contributed by atoms with Crippen LogP contribution in [0, 0.1) is 5.41 Å². The van der Waals surface area contributed by atoms with Gasteiger partial charge in [0, 0.05) is 23.6 Å². The quantitative estimate of drug-likeness (QED) is 0.227. The number of carbonyl (C=O) groups excluding carboxylic acids is 2. The minimum absolute atomic E-state index is 0.0281. The highest BCUT2D eigenvalue weighted by Gasteiger charge is 2.42. The molecule has 1 aliphatic heterocycles. The molecule has 4 rings (SSSR count). The van der Waals surface area contributed by atoms with Crippen molar-refractivity contribution in [3.8, 4) is 5.75 Å². The summed E-state index contributed by atoms with van der Waals surface area (Å²) in [6.07, 6.45) is 2.26. The summed E-state index contributed by atoms with van der Waals surface area (Å²) in [5.41, 5.74) is 0.919. The number of phenols is 1. The number of Topliss-reactive ketones (excluding diaryl/α,β-unsaturated/α-hetero) is 1. The molecule has 0 aromatic heterocycles. The maximum Gasteiger partial charge on any atom is 0.235 e. The molecule has 2 aliphatic rings. The fourth-order valence-electron chi connectivity index (χ4n) is 4.49. The molecular formula is C26H29ClN4O7S2. The Morgan fingerprint density at radius 1 is 1.23 bits per heavy atom. The van der Waals surface area contributed by atoms with Crippen molar-refractivity contribution >= 4 is 68.2 Å². The number of aliphatic hydroxyl groups excluding tert-OH is 1. The van der Waals surface area contributed by atoms with Gasteiger partial charge < -0.3 is 15.5 Å². The number of alkyl halides is 1. The van der Waals surface area contributed by atoms with E-state index in [0.29, 0.717) is 22.6 Å². The number of amidine groups is 1. The largest absolute Gasteiger partial charge is 0.506 e. The zero-order valence-electron chi connectivity index (χ0n) is 22.1. The van der Waals surface area contributed by atoms with Gasteiger partial charge in [-0.3, -0.25) is 19.5 Å². The number of nitrogens with one attached hydrogen (secondary N) is 2. The molecule has 1 unspecified atom stereocenters. The third kappa shape index (κ3) is 6.07. The van der Waals surface area contributed by atoms with Crippen LogP contribution in [0.2, 0.25) is 0 Å². The van der Waals surface area contributed by atoms with Crippen molar-refractivity contribution in [2.45, 2.75) is 44.6 Å². The van der Waals surface area contributed by atoms with Crippen molar-refractivity contribution in [1.29, 1.82) is 0 Å². The van der Waals surface area contributed by atoms with Crippen molar-refractivity contribution in [2.75, 3.05) is 21.9 Å². The summed E-state index contributed by atoms with van der Waals surface area (Å²) in [6, 6.07) is 6.41. The van der Waals surface area contributed by atoms with Gasteiger partial charge in [-0.1, -0.05) is 39.0 Å². The van der Waals surface area contributed by atoms with Crippen molar-refractivity contribution in [1.82, 2.24) is 5.32 Å². The van der Waals surface area contributed by atoms with Gasteiger partial charge in [-0.25, -0.2) is 8.42 Å². The number of aromatic hydroxyl groups is 1. The van der Waals surface area contributed by atoms with Crippen LogP contribution in [0.15, 0.2) is 45.2 Å². The minimum atomic E-state index is -3.65. The number of aryl methyl sites for hydroxylation is 1. The van der Waals surface area contributed by atoms with Gasteiger partial charge >= 0.3 is 0 Å². The van der Waals surface area contributed by atoms with Crippen LogP contribution in [0.5, 0.6) is 5.75 Å². The Morgan fingerprint density at radius 3 is 2.55 bits per heavy atom. The Balaban J connectivity index is 1.85. The summed E-state index contributed by atoms with van der Waals surface area (Å²) >= 11 is 6.47. The molecular weight excluding hydrogens is 580 g/mol. The normalized spacial score (nSPS) is 17.2. The number of aliphatic hydroxyl groups is 1. The van der Waals surface area contributed by atoms with Gasteiger partial charge in [0.25, 0.3) is 0 Å². The molecule has 1 aliphatic carbocycles. The minimum Gasteiger partial charge on any atom is -0.506 e. The molecule has 1 amide bonds. The summed E-state index contributed by atoms with van der Waals surface area (Å²) in [6.45, 7) is 6.23. The van der Waals surface area contributed by atoms with Gasteiger partial charge in [0.2, 0.25) is 15.9 Å². The molecule has 2 aromatic carbocycles. The lowest BCUT2D eigenvalue weighted by atomic mass is 9.80. The first-order valence-corrected chi connectivity index (χ1v) is 15.4. The molecule has 14 heteroatoms. The van der Waals surface area contributed by atoms with E-state index in [-0.39, 0.29) is 33.1 Å². The smallest absolute Gasteiger partial charge is 0.235 e. The first-order chi connectivity index (χ1) is 18.6. The molecule has 2 aromatic rings. The number of hydrogen-bond acceptors (Lipinski definition) is 10. The molecule has 0 spiro atoms. The maximum absolute atomic E-state index is 13.8. The Morgan fingerprint density at radius 2 is 1.93 bits per heavy atom. The Bertz CT molecular complexity index is 1570. The molecule has 5 N–H and O–H groups in total. The van der Waals surface area contributed by atoms with E-state index in [4.69, 9.17) is 11.6 Å². The molecule has 1 atom stereocenters. The van der Waals surface area contributed by atoms with Gasteiger partial charge in [-0.2, -0.15) is 9.46 Å². The second-order valence-electron chi connectivity index (χ2n) is 10.7. The van der Waals surface area contributed by atoms with Crippen LogP contribution in [0.4, 0.5) is 11.4 Å². The summed E-state index contributed by atoms with van der Waals surface area (Å²) < 4.78 is 29.7. The molecule has 214 valence electrons. The fraction of sp³-hybridized carbons (Fsp3) is 0.346. The average molecular weight is 609 g/mol. The van der Waals surface area contributed by atoms with Crippen molar-refractivity contribution in [2.24, 2.45) is 9.81 Å². The maximum atomic E-state index is 13.8. The number of fused-ring (bicyclic) bond motifs is 2. The van der Waals surface area contributed by atoms with Gasteiger partial charge in [0.15, 0.2) is 11.6 Å². The van der Waals surface area contributed by atoms with E-state index in [0.717, 1.165) is 36.3 Å². The van der Waals surface area contributed by atoms with Crippen LogP contribution in [-0.2, 0) is 26.0 Å². The number of halogens is 1. The van der Waals surface area contributed by atoms with E-state index >= 15 is 0 Å².